The van der Waals surface area contributed by atoms with Crippen molar-refractivity contribution in [3.05, 3.63) is 48.0 Å². The largest absolute Gasteiger partial charge is 0.453 e. The Labute approximate surface area is 109 Å². The predicted molar refractivity (Wildman–Crippen MR) is 70.0 cm³/mol. The van der Waals surface area contributed by atoms with Gasteiger partial charge in [0, 0.05) is 11.9 Å². The summed E-state index contributed by atoms with van der Waals surface area (Å²) in [5.74, 6) is 0.135. The van der Waals surface area contributed by atoms with Crippen LogP contribution in [0.15, 0.2) is 40.9 Å². The maximum Gasteiger partial charge on any atom is 0.247 e. The van der Waals surface area contributed by atoms with Gasteiger partial charge >= 0.3 is 0 Å². The van der Waals surface area contributed by atoms with Crippen LogP contribution in [0.5, 0.6) is 0 Å². The molecule has 0 aliphatic carbocycles. The molecule has 0 radical (unpaired) electrons. The highest BCUT2D eigenvalue weighted by molar-refractivity contribution is 6.07. The number of fused-ring (bicyclic) bond motifs is 1. The Bertz CT molecular complexity index is 694. The zero-order valence-electron chi connectivity index (χ0n) is 10.5. The van der Waals surface area contributed by atoms with Crippen molar-refractivity contribution in [1.82, 2.24) is 15.0 Å². The molecular weight excluding hydrogens is 242 g/mol. The molecule has 2 heterocycles. The number of hydrogen-bond donors (Lipinski definition) is 0. The molecule has 5 nitrogen and oxygen atoms in total. The first-order valence-electron chi connectivity index (χ1n) is 6.21. The van der Waals surface area contributed by atoms with Crippen molar-refractivity contribution in [3.63, 3.8) is 0 Å². The van der Waals surface area contributed by atoms with E-state index in [0.29, 0.717) is 23.6 Å². The molecule has 0 bridgehead atoms. The van der Waals surface area contributed by atoms with Gasteiger partial charge in [0.2, 0.25) is 5.78 Å². The number of rotatable bonds is 4. The van der Waals surface area contributed by atoms with Crippen molar-refractivity contribution in [3.8, 4) is 0 Å². The normalized spacial score (nSPS) is 11.0. The molecule has 0 fully saturated rings. The lowest BCUT2D eigenvalue weighted by molar-refractivity contribution is 0.100. The number of hydrogen-bond acceptors (Lipinski definition) is 4. The number of nitrogens with zero attached hydrogens (tertiary/aromatic N) is 3. The number of ketones is 1. The third kappa shape index (κ3) is 2.03. The van der Waals surface area contributed by atoms with E-state index in [4.69, 9.17) is 4.42 Å². The van der Waals surface area contributed by atoms with E-state index in [1.54, 1.807) is 10.7 Å². The van der Waals surface area contributed by atoms with Crippen molar-refractivity contribution in [2.24, 2.45) is 0 Å². The molecule has 5 heteroatoms. The maximum absolute atomic E-state index is 12.4. The average Bonchev–Trinajstić information content (AvgIpc) is 3.04. The minimum Gasteiger partial charge on any atom is -0.453 e. The fraction of sp³-hybridized carbons (Fsp3) is 0.214. The van der Waals surface area contributed by atoms with Crippen LogP contribution in [0.3, 0.4) is 0 Å². The van der Waals surface area contributed by atoms with E-state index in [1.165, 1.54) is 6.20 Å². The fourth-order valence-corrected chi connectivity index (χ4v) is 2.03. The summed E-state index contributed by atoms with van der Waals surface area (Å²) in [6.07, 6.45) is 2.37. The van der Waals surface area contributed by atoms with Crippen LogP contribution < -0.4 is 0 Å². The molecule has 0 unspecified atom stereocenters. The lowest BCUT2D eigenvalue weighted by Crippen LogP contribution is -2.10. The Hall–Kier alpha value is -2.43. The Balaban J connectivity index is 2.01. The molecule has 19 heavy (non-hydrogen) atoms. The van der Waals surface area contributed by atoms with E-state index >= 15 is 0 Å². The Kier molecular flexibility index (Phi) is 2.87. The van der Waals surface area contributed by atoms with Crippen LogP contribution in [0, 0.1) is 0 Å². The second-order valence-corrected chi connectivity index (χ2v) is 4.32. The molecule has 2 aromatic heterocycles. The van der Waals surface area contributed by atoms with Gasteiger partial charge < -0.3 is 4.42 Å². The summed E-state index contributed by atoms with van der Waals surface area (Å²) in [4.78, 5) is 12.4. The van der Waals surface area contributed by atoms with Gasteiger partial charge in [-0.15, -0.1) is 5.10 Å². The third-order valence-corrected chi connectivity index (χ3v) is 2.94. The molecule has 1 aromatic carbocycles. The number of carbonyl (C=O) groups is 1. The summed E-state index contributed by atoms with van der Waals surface area (Å²) in [6, 6.07) is 9.30. The van der Waals surface area contributed by atoms with E-state index in [1.807, 2.05) is 31.2 Å². The van der Waals surface area contributed by atoms with Crippen molar-refractivity contribution in [2.75, 3.05) is 0 Å². The van der Waals surface area contributed by atoms with Crippen LogP contribution in [0.1, 0.15) is 29.6 Å². The Morgan fingerprint density at radius 1 is 1.37 bits per heavy atom. The van der Waals surface area contributed by atoms with Crippen LogP contribution >= 0.6 is 0 Å². The molecule has 0 aliphatic rings. The van der Waals surface area contributed by atoms with Gasteiger partial charge in [-0.1, -0.05) is 30.3 Å². The first-order valence-corrected chi connectivity index (χ1v) is 6.21. The second kappa shape index (κ2) is 4.68. The molecule has 0 spiro atoms. The molecule has 0 amide bonds. The van der Waals surface area contributed by atoms with E-state index < -0.39 is 0 Å². The van der Waals surface area contributed by atoms with Gasteiger partial charge in [-0.2, -0.15) is 0 Å². The van der Waals surface area contributed by atoms with E-state index in [2.05, 4.69) is 10.3 Å². The summed E-state index contributed by atoms with van der Waals surface area (Å²) < 4.78 is 7.17. The van der Waals surface area contributed by atoms with Gasteiger partial charge in [0.15, 0.2) is 5.76 Å². The zero-order chi connectivity index (χ0) is 13.2. The first kappa shape index (κ1) is 11.6. The lowest BCUT2D eigenvalue weighted by Gasteiger charge is -2.01. The number of carbonyl (C=O) groups excluding carboxylic acids is 1. The highest BCUT2D eigenvalue weighted by Gasteiger charge is 2.19. The maximum atomic E-state index is 12.4. The average molecular weight is 255 g/mol. The fourth-order valence-electron chi connectivity index (χ4n) is 2.03. The van der Waals surface area contributed by atoms with Crippen molar-refractivity contribution in [2.45, 2.75) is 19.9 Å². The number of para-hydroxylation sites is 1. The van der Waals surface area contributed by atoms with Gasteiger partial charge in [-0.05, 0) is 18.6 Å². The molecule has 3 aromatic rings. The number of aryl methyl sites for hydroxylation is 1. The van der Waals surface area contributed by atoms with E-state index in [-0.39, 0.29) is 5.78 Å². The van der Waals surface area contributed by atoms with Gasteiger partial charge in [0.25, 0.3) is 0 Å². The number of furan rings is 1. The molecule has 0 aliphatic heterocycles. The number of benzene rings is 1. The minimum absolute atomic E-state index is 0.186. The van der Waals surface area contributed by atoms with Gasteiger partial charge in [0.05, 0.1) is 6.20 Å². The Morgan fingerprint density at radius 2 is 2.21 bits per heavy atom. The third-order valence-electron chi connectivity index (χ3n) is 2.94. The zero-order valence-corrected chi connectivity index (χ0v) is 10.5. The molecule has 0 N–H and O–H groups in total. The van der Waals surface area contributed by atoms with Crippen molar-refractivity contribution >= 4 is 16.8 Å². The molecule has 0 saturated carbocycles. The summed E-state index contributed by atoms with van der Waals surface area (Å²) >= 11 is 0. The smallest absolute Gasteiger partial charge is 0.247 e. The predicted octanol–water partition coefficient (Wildman–Crippen LogP) is 2.67. The van der Waals surface area contributed by atoms with Crippen LogP contribution in [-0.4, -0.2) is 20.8 Å². The number of aromatic nitrogens is 3. The molecule has 0 saturated heterocycles. The van der Waals surface area contributed by atoms with E-state index in [9.17, 15) is 4.79 Å². The minimum atomic E-state index is -0.186. The van der Waals surface area contributed by atoms with Crippen molar-refractivity contribution in [1.29, 1.82) is 0 Å². The van der Waals surface area contributed by atoms with Crippen molar-refractivity contribution < 1.29 is 9.21 Å². The summed E-state index contributed by atoms with van der Waals surface area (Å²) in [6.45, 7) is 2.69. The summed E-state index contributed by atoms with van der Waals surface area (Å²) in [5.41, 5.74) is 1.17. The lowest BCUT2D eigenvalue weighted by atomic mass is 10.2. The van der Waals surface area contributed by atoms with Crippen LogP contribution in [0.25, 0.3) is 11.0 Å². The standard InChI is InChI=1S/C14H13N3O2/c1-2-7-17-11(9-15-16-17)14(18)13-8-10-5-3-4-6-12(10)19-13/h3-6,8-9H,2,7H2,1H3. The second-order valence-electron chi connectivity index (χ2n) is 4.32. The quantitative estimate of drug-likeness (QED) is 0.672. The van der Waals surface area contributed by atoms with E-state index in [0.717, 1.165) is 11.8 Å². The topological polar surface area (TPSA) is 60.9 Å². The van der Waals surface area contributed by atoms with Crippen LogP contribution in [0.4, 0.5) is 0 Å². The van der Waals surface area contributed by atoms with Crippen LogP contribution in [-0.2, 0) is 6.54 Å². The molecule has 96 valence electrons. The van der Waals surface area contributed by atoms with Gasteiger partial charge in [-0.25, -0.2) is 4.68 Å². The first-order chi connectivity index (χ1) is 9.29. The van der Waals surface area contributed by atoms with Gasteiger partial charge in [0.1, 0.15) is 11.3 Å². The van der Waals surface area contributed by atoms with Crippen LogP contribution in [0.2, 0.25) is 0 Å². The molecule has 0 atom stereocenters. The van der Waals surface area contributed by atoms with Gasteiger partial charge in [-0.3, -0.25) is 4.79 Å². The Morgan fingerprint density at radius 3 is 3.00 bits per heavy atom. The highest BCUT2D eigenvalue weighted by Crippen LogP contribution is 2.20. The molecular formula is C14H13N3O2. The summed E-state index contributed by atoms with van der Waals surface area (Å²) in [5, 5.41) is 8.62. The molecule has 3 rings (SSSR count). The SMILES string of the molecule is CCCn1nncc1C(=O)c1cc2ccccc2o1. The monoisotopic (exact) mass is 255 g/mol. The summed E-state index contributed by atoms with van der Waals surface area (Å²) in [7, 11) is 0. The highest BCUT2D eigenvalue weighted by atomic mass is 16.3.